The highest BCUT2D eigenvalue weighted by atomic mass is 16.5. The van der Waals surface area contributed by atoms with E-state index in [1.54, 1.807) is 0 Å². The molecule has 88 valence electrons. The lowest BCUT2D eigenvalue weighted by atomic mass is 9.81. The Hall–Kier alpha value is -0.120. The van der Waals surface area contributed by atoms with Crippen molar-refractivity contribution in [2.45, 2.75) is 38.8 Å². The zero-order chi connectivity index (χ0) is 10.9. The summed E-state index contributed by atoms with van der Waals surface area (Å²) in [6, 6.07) is 0. The summed E-state index contributed by atoms with van der Waals surface area (Å²) in [5, 5.41) is 3.65. The van der Waals surface area contributed by atoms with E-state index in [2.05, 4.69) is 31.1 Å². The van der Waals surface area contributed by atoms with Gasteiger partial charge in [-0.25, -0.2) is 0 Å². The van der Waals surface area contributed by atoms with Gasteiger partial charge in [0.15, 0.2) is 0 Å². The molecule has 0 radical (unpaired) electrons. The monoisotopic (exact) mass is 212 g/mol. The summed E-state index contributed by atoms with van der Waals surface area (Å²) in [4.78, 5) is 2.35. The van der Waals surface area contributed by atoms with E-state index in [9.17, 15) is 0 Å². The third-order valence-electron chi connectivity index (χ3n) is 4.36. The lowest BCUT2D eigenvalue weighted by Gasteiger charge is -2.45. The smallest absolute Gasteiger partial charge is 0.133 e. The Balaban J connectivity index is 1.97. The molecule has 3 heteroatoms. The molecular weight excluding hydrogens is 188 g/mol. The van der Waals surface area contributed by atoms with Crippen molar-refractivity contribution in [3.8, 4) is 0 Å². The molecule has 1 N–H and O–H groups in total. The highest BCUT2D eigenvalue weighted by molar-refractivity contribution is 4.95. The van der Waals surface area contributed by atoms with E-state index >= 15 is 0 Å². The van der Waals surface area contributed by atoms with E-state index in [-0.39, 0.29) is 5.72 Å². The molecule has 0 saturated carbocycles. The molecule has 2 rings (SSSR count). The maximum Gasteiger partial charge on any atom is 0.133 e. The average Bonchev–Trinajstić information content (AvgIpc) is 2.63. The van der Waals surface area contributed by atoms with Gasteiger partial charge in [-0.1, -0.05) is 13.8 Å². The van der Waals surface area contributed by atoms with Crippen LogP contribution in [0.3, 0.4) is 0 Å². The summed E-state index contributed by atoms with van der Waals surface area (Å²) >= 11 is 0. The highest BCUT2D eigenvalue weighted by Gasteiger charge is 2.44. The zero-order valence-corrected chi connectivity index (χ0v) is 10.3. The molecule has 2 saturated heterocycles. The molecule has 2 aliphatic heterocycles. The van der Waals surface area contributed by atoms with Crippen LogP contribution in [0.25, 0.3) is 0 Å². The van der Waals surface area contributed by atoms with Crippen LogP contribution in [0, 0.1) is 5.41 Å². The van der Waals surface area contributed by atoms with Gasteiger partial charge in [-0.2, -0.15) is 0 Å². The van der Waals surface area contributed by atoms with Crippen LogP contribution in [0.5, 0.6) is 0 Å². The molecule has 1 unspecified atom stereocenters. The number of rotatable bonds is 2. The van der Waals surface area contributed by atoms with Crippen LogP contribution in [0.2, 0.25) is 0 Å². The minimum atomic E-state index is -0.0252. The standard InChI is InChI=1S/C12H24N2O/c1-4-11(5-2)8-13-12(15-10-11)6-7-14(3)9-12/h13H,4-10H2,1-3H3. The number of likely N-dealkylation sites (tertiary alicyclic amines) is 1. The summed E-state index contributed by atoms with van der Waals surface area (Å²) < 4.78 is 6.14. The van der Waals surface area contributed by atoms with Gasteiger partial charge in [0.1, 0.15) is 5.72 Å². The molecule has 0 aliphatic carbocycles. The molecule has 2 heterocycles. The Morgan fingerprint density at radius 2 is 2.07 bits per heavy atom. The third-order valence-corrected chi connectivity index (χ3v) is 4.36. The van der Waals surface area contributed by atoms with Crippen LogP contribution < -0.4 is 5.32 Å². The molecule has 1 spiro atoms. The van der Waals surface area contributed by atoms with Crippen LogP contribution >= 0.6 is 0 Å². The van der Waals surface area contributed by atoms with Gasteiger partial charge in [-0.05, 0) is 19.9 Å². The predicted octanol–water partition coefficient (Wildman–Crippen LogP) is 1.44. The minimum Gasteiger partial charge on any atom is -0.359 e. The van der Waals surface area contributed by atoms with Crippen LogP contribution in [-0.2, 0) is 4.74 Å². The normalized spacial score (nSPS) is 36.2. The predicted molar refractivity (Wildman–Crippen MR) is 61.8 cm³/mol. The average molecular weight is 212 g/mol. The number of ether oxygens (including phenoxy) is 1. The Morgan fingerprint density at radius 3 is 2.47 bits per heavy atom. The fourth-order valence-electron chi connectivity index (χ4n) is 2.67. The number of nitrogens with one attached hydrogen (secondary N) is 1. The van der Waals surface area contributed by atoms with Gasteiger partial charge >= 0.3 is 0 Å². The second-order valence-electron chi connectivity index (χ2n) is 5.33. The van der Waals surface area contributed by atoms with Gasteiger partial charge in [0.25, 0.3) is 0 Å². The van der Waals surface area contributed by atoms with Crippen molar-refractivity contribution >= 4 is 0 Å². The Morgan fingerprint density at radius 1 is 1.33 bits per heavy atom. The van der Waals surface area contributed by atoms with Crippen molar-refractivity contribution in [3.05, 3.63) is 0 Å². The van der Waals surface area contributed by atoms with Gasteiger partial charge in [-0.3, -0.25) is 5.32 Å². The summed E-state index contributed by atoms with van der Waals surface area (Å²) in [5.41, 5.74) is 0.356. The molecule has 0 aromatic carbocycles. The van der Waals surface area contributed by atoms with Gasteiger partial charge in [0, 0.05) is 31.5 Å². The molecule has 15 heavy (non-hydrogen) atoms. The molecule has 0 bridgehead atoms. The van der Waals surface area contributed by atoms with Crippen molar-refractivity contribution in [1.82, 2.24) is 10.2 Å². The van der Waals surface area contributed by atoms with Crippen molar-refractivity contribution in [2.75, 3.05) is 33.3 Å². The van der Waals surface area contributed by atoms with Crippen LogP contribution in [0.4, 0.5) is 0 Å². The van der Waals surface area contributed by atoms with Crippen LogP contribution in [0.1, 0.15) is 33.1 Å². The fourth-order valence-corrected chi connectivity index (χ4v) is 2.67. The lowest BCUT2D eigenvalue weighted by molar-refractivity contribution is -0.139. The molecule has 0 aromatic heterocycles. The van der Waals surface area contributed by atoms with E-state index in [0.717, 1.165) is 32.7 Å². The summed E-state index contributed by atoms with van der Waals surface area (Å²) in [6.07, 6.45) is 3.55. The van der Waals surface area contributed by atoms with Gasteiger partial charge in [0.05, 0.1) is 6.61 Å². The molecule has 2 aliphatic rings. The maximum atomic E-state index is 6.14. The van der Waals surface area contributed by atoms with Crippen LogP contribution in [0.15, 0.2) is 0 Å². The lowest BCUT2D eigenvalue weighted by Crippen LogP contribution is -2.59. The zero-order valence-electron chi connectivity index (χ0n) is 10.3. The highest BCUT2D eigenvalue weighted by Crippen LogP contribution is 2.35. The Labute approximate surface area is 93.2 Å². The minimum absolute atomic E-state index is 0.0252. The van der Waals surface area contributed by atoms with E-state index in [1.165, 1.54) is 12.8 Å². The second kappa shape index (κ2) is 4.04. The van der Waals surface area contributed by atoms with Crippen molar-refractivity contribution in [1.29, 1.82) is 0 Å². The summed E-state index contributed by atoms with van der Waals surface area (Å²) in [7, 11) is 2.17. The maximum absolute atomic E-state index is 6.14. The van der Waals surface area contributed by atoms with Crippen molar-refractivity contribution in [2.24, 2.45) is 5.41 Å². The fraction of sp³-hybridized carbons (Fsp3) is 1.00. The van der Waals surface area contributed by atoms with Crippen molar-refractivity contribution in [3.63, 3.8) is 0 Å². The first-order valence-corrected chi connectivity index (χ1v) is 6.21. The topological polar surface area (TPSA) is 24.5 Å². The number of hydrogen-bond donors (Lipinski definition) is 1. The molecule has 0 aromatic rings. The Kier molecular flexibility index (Phi) is 3.06. The third kappa shape index (κ3) is 2.05. The second-order valence-corrected chi connectivity index (χ2v) is 5.33. The summed E-state index contributed by atoms with van der Waals surface area (Å²) in [5.74, 6) is 0. The van der Waals surface area contributed by atoms with Gasteiger partial charge < -0.3 is 9.64 Å². The molecule has 2 fully saturated rings. The SMILES string of the molecule is CCC1(CC)CNC2(CCN(C)C2)OC1. The summed E-state index contributed by atoms with van der Waals surface area (Å²) in [6.45, 7) is 8.78. The van der Waals surface area contributed by atoms with Gasteiger partial charge in [0.2, 0.25) is 0 Å². The largest absolute Gasteiger partial charge is 0.359 e. The van der Waals surface area contributed by atoms with E-state index < -0.39 is 0 Å². The molecule has 1 atom stereocenters. The number of likely N-dealkylation sites (N-methyl/N-ethyl adjacent to an activating group) is 1. The van der Waals surface area contributed by atoms with E-state index in [0.29, 0.717) is 5.41 Å². The van der Waals surface area contributed by atoms with Crippen LogP contribution in [-0.4, -0.2) is 43.9 Å². The Bertz CT molecular complexity index is 216. The molecule has 3 nitrogen and oxygen atoms in total. The molecule has 0 amide bonds. The number of hydrogen-bond acceptors (Lipinski definition) is 3. The first-order valence-electron chi connectivity index (χ1n) is 6.21. The first-order chi connectivity index (χ1) is 7.14. The van der Waals surface area contributed by atoms with Gasteiger partial charge in [-0.15, -0.1) is 0 Å². The van der Waals surface area contributed by atoms with E-state index in [1.807, 2.05) is 0 Å². The number of nitrogens with zero attached hydrogens (tertiary/aromatic N) is 1. The van der Waals surface area contributed by atoms with E-state index in [4.69, 9.17) is 4.74 Å². The quantitative estimate of drug-likeness (QED) is 0.749. The molecular formula is C12H24N2O. The van der Waals surface area contributed by atoms with Crippen molar-refractivity contribution < 1.29 is 4.74 Å². The first kappa shape index (κ1) is 11.4.